The molecule has 0 radical (unpaired) electrons. The SMILES string of the molecule is CC1(P(=O)(O)O)OC2C(CO)OC(n3cnc4c(=O)[nH]c(N)nc43)C2O1. The Labute approximate surface area is 144 Å². The molecule has 6 N–H and O–H groups in total. The molecule has 2 aliphatic heterocycles. The Morgan fingerprint density at radius 2 is 2.12 bits per heavy atom. The third-order valence-corrected chi connectivity index (χ3v) is 5.70. The molecule has 2 fully saturated rings. The smallest absolute Gasteiger partial charge is 0.384 e. The van der Waals surface area contributed by atoms with Crippen molar-refractivity contribution in [3.05, 3.63) is 16.7 Å². The molecule has 13 nitrogen and oxygen atoms in total. The van der Waals surface area contributed by atoms with Crippen LogP contribution in [0.25, 0.3) is 11.2 Å². The number of aliphatic hydroxyl groups excluding tert-OH is 1. The maximum absolute atomic E-state index is 11.9. The zero-order chi connectivity index (χ0) is 18.9. The third kappa shape index (κ3) is 2.41. The fourth-order valence-electron chi connectivity index (χ4n) is 3.15. The highest BCUT2D eigenvalue weighted by atomic mass is 31.2. The molecule has 2 aromatic rings. The van der Waals surface area contributed by atoms with Crippen molar-refractivity contribution in [1.82, 2.24) is 19.5 Å². The minimum atomic E-state index is -4.78. The molecule has 0 spiro atoms. The Kier molecular flexibility index (Phi) is 3.76. The van der Waals surface area contributed by atoms with Crippen molar-refractivity contribution in [3.8, 4) is 0 Å². The van der Waals surface area contributed by atoms with Crippen molar-refractivity contribution in [3.63, 3.8) is 0 Å². The standard InChI is InChI=1S/C12H16N5O8P/c1-12(26(20,21)22)24-6-4(2-18)23-10(7(6)25-12)17-3-14-5-8(17)15-11(13)16-9(5)19/h3-4,6-7,10,18H,2H2,1H3,(H2,20,21,22)(H3,13,15,16,19). The Morgan fingerprint density at radius 1 is 1.42 bits per heavy atom. The minimum absolute atomic E-state index is 0.00321. The number of nitrogens with one attached hydrogen (secondary N) is 1. The van der Waals surface area contributed by atoms with Gasteiger partial charge in [-0.3, -0.25) is 18.9 Å². The fraction of sp³-hybridized carbons (Fsp3) is 0.583. The van der Waals surface area contributed by atoms with Crippen molar-refractivity contribution < 1.29 is 33.7 Å². The van der Waals surface area contributed by atoms with Crippen LogP contribution in [0.3, 0.4) is 0 Å². The number of nitrogens with two attached hydrogens (primary N) is 1. The van der Waals surface area contributed by atoms with Gasteiger partial charge in [-0.1, -0.05) is 0 Å². The van der Waals surface area contributed by atoms with Gasteiger partial charge in [-0.2, -0.15) is 4.98 Å². The van der Waals surface area contributed by atoms with Crippen LogP contribution in [0.4, 0.5) is 5.95 Å². The second-order valence-corrected chi connectivity index (χ2v) is 8.03. The first-order chi connectivity index (χ1) is 12.1. The van der Waals surface area contributed by atoms with Crippen LogP contribution < -0.4 is 11.3 Å². The van der Waals surface area contributed by atoms with Gasteiger partial charge >= 0.3 is 7.60 Å². The second-order valence-electron chi connectivity index (χ2n) is 6.13. The molecule has 4 heterocycles. The van der Waals surface area contributed by atoms with Gasteiger partial charge in [0.1, 0.15) is 18.3 Å². The molecule has 2 aromatic heterocycles. The highest BCUT2D eigenvalue weighted by Crippen LogP contribution is 2.59. The molecule has 0 aromatic carbocycles. The van der Waals surface area contributed by atoms with E-state index in [9.17, 15) is 24.3 Å². The quantitative estimate of drug-likeness (QED) is 0.373. The number of H-pyrrole nitrogens is 1. The van der Waals surface area contributed by atoms with E-state index >= 15 is 0 Å². The molecular formula is C12H16N5O8P. The summed E-state index contributed by atoms with van der Waals surface area (Å²) < 4.78 is 29.7. The first-order valence-electron chi connectivity index (χ1n) is 7.54. The predicted octanol–water partition coefficient (Wildman–Crippen LogP) is -1.77. The van der Waals surface area contributed by atoms with Crippen LogP contribution in [-0.2, 0) is 18.8 Å². The lowest BCUT2D eigenvalue weighted by molar-refractivity contribution is -0.174. The van der Waals surface area contributed by atoms with Crippen molar-refractivity contribution in [2.24, 2.45) is 0 Å². The van der Waals surface area contributed by atoms with Crippen LogP contribution >= 0.6 is 7.60 Å². The maximum atomic E-state index is 11.9. The lowest BCUT2D eigenvalue weighted by atomic mass is 10.1. The van der Waals surface area contributed by atoms with Gasteiger partial charge in [0.15, 0.2) is 17.4 Å². The maximum Gasteiger partial charge on any atom is 0.384 e. The zero-order valence-electron chi connectivity index (χ0n) is 13.3. The predicted molar refractivity (Wildman–Crippen MR) is 83.8 cm³/mol. The molecule has 2 aliphatic rings. The van der Waals surface area contributed by atoms with Gasteiger partial charge in [-0.25, -0.2) is 4.98 Å². The van der Waals surface area contributed by atoms with E-state index in [1.807, 2.05) is 0 Å². The summed E-state index contributed by atoms with van der Waals surface area (Å²) in [4.78, 5) is 41.2. The molecule has 0 saturated carbocycles. The molecule has 2 saturated heterocycles. The van der Waals surface area contributed by atoms with Crippen LogP contribution in [0.1, 0.15) is 13.2 Å². The largest absolute Gasteiger partial charge is 0.394 e. The summed E-state index contributed by atoms with van der Waals surface area (Å²) >= 11 is 0. The van der Waals surface area contributed by atoms with E-state index in [0.717, 1.165) is 6.92 Å². The molecule has 0 bridgehead atoms. The molecule has 26 heavy (non-hydrogen) atoms. The van der Waals surface area contributed by atoms with Crippen molar-refractivity contribution in [2.75, 3.05) is 12.3 Å². The first-order valence-corrected chi connectivity index (χ1v) is 9.16. The van der Waals surface area contributed by atoms with Gasteiger partial charge < -0.3 is 34.8 Å². The summed E-state index contributed by atoms with van der Waals surface area (Å²) in [5, 5.41) is 9.53. The molecule has 4 rings (SSSR count). The number of hydrogen-bond acceptors (Lipinski definition) is 9. The number of imidazole rings is 1. The van der Waals surface area contributed by atoms with E-state index in [0.29, 0.717) is 0 Å². The second kappa shape index (κ2) is 5.57. The van der Waals surface area contributed by atoms with E-state index < -0.39 is 49.8 Å². The van der Waals surface area contributed by atoms with Gasteiger partial charge in [0, 0.05) is 6.92 Å². The molecule has 5 atom stereocenters. The number of ether oxygens (including phenoxy) is 3. The topological polar surface area (TPSA) is 195 Å². The average Bonchev–Trinajstić information content (AvgIpc) is 3.18. The lowest BCUT2D eigenvalue weighted by Gasteiger charge is -2.27. The number of fused-ring (bicyclic) bond motifs is 2. The Bertz CT molecular complexity index is 970. The summed E-state index contributed by atoms with van der Waals surface area (Å²) in [6, 6.07) is 0. The van der Waals surface area contributed by atoms with Crippen LogP contribution in [0.2, 0.25) is 0 Å². The van der Waals surface area contributed by atoms with Gasteiger partial charge in [-0.05, 0) is 0 Å². The zero-order valence-corrected chi connectivity index (χ0v) is 14.2. The number of aliphatic hydroxyl groups is 1. The molecule has 14 heteroatoms. The fourth-order valence-corrected chi connectivity index (χ4v) is 3.66. The highest BCUT2D eigenvalue weighted by Gasteiger charge is 2.63. The van der Waals surface area contributed by atoms with E-state index in [1.54, 1.807) is 0 Å². The van der Waals surface area contributed by atoms with E-state index in [-0.39, 0.29) is 17.1 Å². The molecule has 0 amide bonds. The Morgan fingerprint density at radius 3 is 2.77 bits per heavy atom. The first kappa shape index (κ1) is 17.5. The highest BCUT2D eigenvalue weighted by molar-refractivity contribution is 7.53. The average molecular weight is 389 g/mol. The van der Waals surface area contributed by atoms with Crippen molar-refractivity contribution >= 4 is 24.7 Å². The summed E-state index contributed by atoms with van der Waals surface area (Å²) in [5.74, 6) is -0.138. The number of nitrogens with zero attached hydrogens (tertiary/aromatic N) is 3. The van der Waals surface area contributed by atoms with E-state index in [4.69, 9.17) is 19.9 Å². The van der Waals surface area contributed by atoms with E-state index in [2.05, 4.69) is 15.0 Å². The summed E-state index contributed by atoms with van der Waals surface area (Å²) in [6.07, 6.45) is -2.56. The lowest BCUT2D eigenvalue weighted by Crippen LogP contribution is -2.33. The number of aromatic nitrogens is 4. The Balaban J connectivity index is 1.79. The van der Waals surface area contributed by atoms with Gasteiger partial charge in [0.25, 0.3) is 11.1 Å². The third-order valence-electron chi connectivity index (χ3n) is 4.43. The molecule has 142 valence electrons. The van der Waals surface area contributed by atoms with Crippen LogP contribution in [0, 0.1) is 0 Å². The van der Waals surface area contributed by atoms with Gasteiger partial charge in [-0.15, -0.1) is 0 Å². The van der Waals surface area contributed by atoms with Crippen LogP contribution in [-0.4, -0.2) is 64.9 Å². The van der Waals surface area contributed by atoms with Crippen molar-refractivity contribution in [2.45, 2.75) is 37.0 Å². The van der Waals surface area contributed by atoms with Crippen LogP contribution in [0.5, 0.6) is 0 Å². The normalized spacial score (nSPS) is 34.5. The molecular weight excluding hydrogens is 373 g/mol. The monoisotopic (exact) mass is 389 g/mol. The number of nitrogen functional groups attached to an aromatic ring is 1. The number of anilines is 1. The number of rotatable bonds is 3. The van der Waals surface area contributed by atoms with E-state index in [1.165, 1.54) is 10.9 Å². The van der Waals surface area contributed by atoms with Gasteiger partial charge in [0.05, 0.1) is 12.9 Å². The molecule has 5 unspecified atom stereocenters. The summed E-state index contributed by atoms with van der Waals surface area (Å²) in [7, 11) is -4.78. The molecule has 0 aliphatic carbocycles. The van der Waals surface area contributed by atoms with Crippen molar-refractivity contribution in [1.29, 1.82) is 0 Å². The Hall–Kier alpha value is -1.86. The minimum Gasteiger partial charge on any atom is -0.394 e. The summed E-state index contributed by atoms with van der Waals surface area (Å²) in [5.41, 5.74) is 2.93. The number of aromatic amines is 1. The summed E-state index contributed by atoms with van der Waals surface area (Å²) in [6.45, 7) is 0.644. The van der Waals surface area contributed by atoms with Gasteiger partial charge in [0.2, 0.25) is 5.95 Å². The number of hydrogen-bond donors (Lipinski definition) is 5. The van der Waals surface area contributed by atoms with Crippen LogP contribution in [0.15, 0.2) is 11.1 Å².